The van der Waals surface area contributed by atoms with Gasteiger partial charge in [0.1, 0.15) is 0 Å². The van der Waals surface area contributed by atoms with E-state index in [9.17, 15) is 9.59 Å². The van der Waals surface area contributed by atoms with Crippen molar-refractivity contribution in [3.8, 4) is 0 Å². The van der Waals surface area contributed by atoms with Gasteiger partial charge in [0.25, 0.3) is 0 Å². The molecule has 2 aromatic carbocycles. The average Bonchev–Trinajstić information content (AvgIpc) is 2.74. The first-order chi connectivity index (χ1) is 14.1. The Labute approximate surface area is 173 Å². The first kappa shape index (κ1) is 19.7. The van der Waals surface area contributed by atoms with Gasteiger partial charge in [0.05, 0.1) is 18.5 Å². The molecular weight excluding hydrogens is 360 g/mol. The molecule has 0 unspecified atom stereocenters. The van der Waals surface area contributed by atoms with Crippen molar-refractivity contribution < 1.29 is 9.59 Å². The van der Waals surface area contributed by atoms with Crippen LogP contribution in [0.5, 0.6) is 0 Å². The third-order valence-electron chi connectivity index (χ3n) is 6.57. The van der Waals surface area contributed by atoms with Crippen LogP contribution in [-0.4, -0.2) is 34.2 Å². The molecule has 1 fully saturated rings. The molecule has 4 heteroatoms. The summed E-state index contributed by atoms with van der Waals surface area (Å²) in [6, 6.07) is 18.8. The van der Waals surface area contributed by atoms with Crippen LogP contribution in [0.4, 0.5) is 0 Å². The lowest BCUT2D eigenvalue weighted by Crippen LogP contribution is -2.47. The molecule has 0 N–H and O–H groups in total. The minimum atomic E-state index is -0.171. The highest BCUT2D eigenvalue weighted by molar-refractivity contribution is 5.80. The second kappa shape index (κ2) is 8.40. The fourth-order valence-electron chi connectivity index (χ4n) is 5.13. The zero-order valence-electron chi connectivity index (χ0n) is 17.4. The van der Waals surface area contributed by atoms with Gasteiger partial charge in [0.15, 0.2) is 0 Å². The van der Waals surface area contributed by atoms with E-state index < -0.39 is 0 Å². The number of fused-ring (bicyclic) bond motifs is 1. The second-order valence-electron chi connectivity index (χ2n) is 8.39. The lowest BCUT2D eigenvalue weighted by atomic mass is 9.88. The van der Waals surface area contributed by atoms with Crippen molar-refractivity contribution in [2.75, 3.05) is 6.54 Å². The number of benzene rings is 2. The van der Waals surface area contributed by atoms with E-state index in [0.29, 0.717) is 13.0 Å². The molecule has 0 spiro atoms. The second-order valence-corrected chi connectivity index (χ2v) is 8.39. The zero-order chi connectivity index (χ0) is 20.4. The van der Waals surface area contributed by atoms with Crippen molar-refractivity contribution in [1.29, 1.82) is 0 Å². The summed E-state index contributed by atoms with van der Waals surface area (Å²) in [5, 5.41) is 0. The van der Waals surface area contributed by atoms with Gasteiger partial charge in [-0.1, -0.05) is 54.6 Å². The van der Waals surface area contributed by atoms with Crippen LogP contribution in [0.3, 0.4) is 0 Å². The van der Waals surface area contributed by atoms with Gasteiger partial charge in [-0.2, -0.15) is 0 Å². The van der Waals surface area contributed by atoms with Crippen molar-refractivity contribution in [2.24, 2.45) is 0 Å². The van der Waals surface area contributed by atoms with Crippen molar-refractivity contribution in [3.63, 3.8) is 0 Å². The Morgan fingerprint density at radius 3 is 2.48 bits per heavy atom. The van der Waals surface area contributed by atoms with E-state index in [-0.39, 0.29) is 29.9 Å². The normalized spacial score (nSPS) is 24.1. The number of hydrogen-bond donors (Lipinski definition) is 0. The summed E-state index contributed by atoms with van der Waals surface area (Å²) in [4.78, 5) is 29.9. The van der Waals surface area contributed by atoms with Gasteiger partial charge in [-0.3, -0.25) is 9.59 Å². The molecule has 2 aliphatic heterocycles. The van der Waals surface area contributed by atoms with Crippen LogP contribution in [-0.2, 0) is 16.0 Å². The molecule has 4 nitrogen and oxygen atoms in total. The van der Waals surface area contributed by atoms with Gasteiger partial charge >= 0.3 is 0 Å². The first-order valence-electron chi connectivity index (χ1n) is 10.8. The lowest BCUT2D eigenvalue weighted by Gasteiger charge is -2.43. The summed E-state index contributed by atoms with van der Waals surface area (Å²) in [6.45, 7) is 4.45. The molecule has 152 valence electrons. The Balaban J connectivity index is 1.63. The van der Waals surface area contributed by atoms with E-state index >= 15 is 0 Å². The minimum Gasteiger partial charge on any atom is -0.335 e. The maximum atomic E-state index is 13.6. The highest BCUT2D eigenvalue weighted by Crippen LogP contribution is 2.38. The van der Waals surface area contributed by atoms with E-state index in [1.54, 1.807) is 6.92 Å². The van der Waals surface area contributed by atoms with Crippen LogP contribution in [0.1, 0.15) is 68.3 Å². The summed E-state index contributed by atoms with van der Waals surface area (Å²) in [6.07, 6.45) is 4.37. The summed E-state index contributed by atoms with van der Waals surface area (Å²) >= 11 is 0. The Hall–Kier alpha value is -2.62. The Bertz CT molecular complexity index is 879. The topological polar surface area (TPSA) is 40.6 Å². The fraction of sp³-hybridized carbons (Fsp3) is 0.440. The van der Waals surface area contributed by atoms with Gasteiger partial charge in [-0.05, 0) is 49.3 Å². The number of piperidine rings is 1. The molecule has 1 saturated heterocycles. The number of amides is 2. The van der Waals surface area contributed by atoms with E-state index in [4.69, 9.17) is 0 Å². The van der Waals surface area contributed by atoms with Gasteiger partial charge in [0.2, 0.25) is 11.8 Å². The van der Waals surface area contributed by atoms with Crippen molar-refractivity contribution >= 4 is 11.8 Å². The standard InChI is InChI=1S/C25H30N2O2/c1-18-9-8-14-23(21-11-4-3-5-12-21)27(18)25(29)17-24-22-13-7-6-10-20(22)15-16-26(24)19(2)28/h3-7,10-13,18,23-24H,8-9,14-17H2,1-2H3/t18-,23-,24-/m0/s1. The Morgan fingerprint density at radius 1 is 1.00 bits per heavy atom. The molecule has 4 rings (SSSR count). The summed E-state index contributed by atoms with van der Waals surface area (Å²) in [7, 11) is 0. The SMILES string of the molecule is CC(=O)N1CCc2ccccc2[C@@H]1CC(=O)N1[C@@H](C)CCC[C@H]1c1ccccc1. The largest absolute Gasteiger partial charge is 0.335 e. The van der Waals surface area contributed by atoms with E-state index in [2.05, 4.69) is 36.1 Å². The van der Waals surface area contributed by atoms with Crippen LogP contribution < -0.4 is 0 Å². The average molecular weight is 391 g/mol. The molecule has 0 radical (unpaired) electrons. The number of likely N-dealkylation sites (tertiary alicyclic amines) is 1. The fourth-order valence-corrected chi connectivity index (χ4v) is 5.13. The number of hydrogen-bond acceptors (Lipinski definition) is 2. The van der Waals surface area contributed by atoms with Crippen LogP contribution >= 0.6 is 0 Å². The maximum Gasteiger partial charge on any atom is 0.225 e. The summed E-state index contributed by atoms with van der Waals surface area (Å²) < 4.78 is 0. The maximum absolute atomic E-state index is 13.6. The lowest BCUT2D eigenvalue weighted by molar-refractivity contribution is -0.141. The monoisotopic (exact) mass is 390 g/mol. The third kappa shape index (κ3) is 3.93. The van der Waals surface area contributed by atoms with Crippen LogP contribution in [0, 0.1) is 0 Å². The Kier molecular flexibility index (Phi) is 5.70. The number of nitrogens with zero attached hydrogens (tertiary/aromatic N) is 2. The van der Waals surface area contributed by atoms with Crippen LogP contribution in [0.15, 0.2) is 54.6 Å². The molecule has 0 aliphatic carbocycles. The summed E-state index contributed by atoms with van der Waals surface area (Å²) in [5.74, 6) is 0.197. The van der Waals surface area contributed by atoms with E-state index in [1.807, 2.05) is 35.2 Å². The molecule has 0 aromatic heterocycles. The minimum absolute atomic E-state index is 0.0450. The summed E-state index contributed by atoms with van der Waals surface area (Å²) in [5.41, 5.74) is 3.59. The van der Waals surface area contributed by atoms with Gasteiger partial charge < -0.3 is 9.80 Å². The van der Waals surface area contributed by atoms with Gasteiger partial charge in [-0.25, -0.2) is 0 Å². The number of carbonyl (C=O) groups is 2. The quantitative estimate of drug-likeness (QED) is 0.764. The van der Waals surface area contributed by atoms with Gasteiger partial charge in [-0.15, -0.1) is 0 Å². The Morgan fingerprint density at radius 2 is 1.72 bits per heavy atom. The van der Waals surface area contributed by atoms with E-state index in [0.717, 1.165) is 31.2 Å². The predicted octanol–water partition coefficient (Wildman–Crippen LogP) is 4.66. The van der Waals surface area contributed by atoms with Crippen molar-refractivity contribution in [3.05, 3.63) is 71.3 Å². The molecule has 0 saturated carbocycles. The molecule has 0 bridgehead atoms. The molecule has 3 atom stereocenters. The molecule has 2 aliphatic rings. The molecule has 2 heterocycles. The van der Waals surface area contributed by atoms with Crippen molar-refractivity contribution in [2.45, 2.75) is 64.1 Å². The molecule has 29 heavy (non-hydrogen) atoms. The van der Waals surface area contributed by atoms with Crippen molar-refractivity contribution in [1.82, 2.24) is 9.80 Å². The van der Waals surface area contributed by atoms with Crippen LogP contribution in [0.2, 0.25) is 0 Å². The number of carbonyl (C=O) groups excluding carboxylic acids is 2. The van der Waals surface area contributed by atoms with E-state index in [1.165, 1.54) is 11.1 Å². The highest BCUT2D eigenvalue weighted by Gasteiger charge is 2.37. The smallest absolute Gasteiger partial charge is 0.225 e. The predicted molar refractivity (Wildman–Crippen MR) is 114 cm³/mol. The molecular formula is C25H30N2O2. The van der Waals surface area contributed by atoms with Crippen LogP contribution in [0.25, 0.3) is 0 Å². The molecule has 2 amide bonds. The third-order valence-corrected chi connectivity index (χ3v) is 6.57. The highest BCUT2D eigenvalue weighted by atomic mass is 16.2. The number of rotatable bonds is 3. The molecule has 2 aromatic rings. The van der Waals surface area contributed by atoms with Gasteiger partial charge in [0, 0.05) is 19.5 Å². The first-order valence-corrected chi connectivity index (χ1v) is 10.8. The zero-order valence-corrected chi connectivity index (χ0v) is 17.4.